The predicted molar refractivity (Wildman–Crippen MR) is 117 cm³/mol. The molecule has 29 heavy (non-hydrogen) atoms. The Labute approximate surface area is 174 Å². The van der Waals surface area contributed by atoms with Gasteiger partial charge in [-0.25, -0.2) is 4.99 Å². The van der Waals surface area contributed by atoms with Crippen LogP contribution in [0.2, 0.25) is 0 Å². The molecule has 2 aliphatic rings. The average molecular weight is 428 g/mol. The van der Waals surface area contributed by atoms with E-state index in [0.29, 0.717) is 5.44 Å². The number of ether oxygens (including phenoxy) is 1. The van der Waals surface area contributed by atoms with E-state index in [1.807, 2.05) is 59.5 Å². The van der Waals surface area contributed by atoms with Crippen LogP contribution in [0.1, 0.15) is 17.2 Å². The monoisotopic (exact) mass is 428 g/mol. The third-order valence-electron chi connectivity index (χ3n) is 4.82. The summed E-state index contributed by atoms with van der Waals surface area (Å²) < 4.78 is 29.0. The molecule has 0 saturated heterocycles. The number of fused-ring (bicyclic) bond motifs is 1. The van der Waals surface area contributed by atoms with Crippen molar-refractivity contribution in [2.45, 2.75) is 6.04 Å². The molecule has 2 aromatic carbocycles. The molecule has 2 aliphatic heterocycles. The summed E-state index contributed by atoms with van der Waals surface area (Å²) in [5.74, 6) is 0.775. The van der Waals surface area contributed by atoms with Crippen molar-refractivity contribution in [2.24, 2.45) is 4.99 Å². The van der Waals surface area contributed by atoms with E-state index < -0.39 is 7.60 Å². The van der Waals surface area contributed by atoms with Crippen molar-refractivity contribution in [3.05, 3.63) is 82.6 Å². The van der Waals surface area contributed by atoms with Gasteiger partial charge in [0.05, 0.1) is 18.8 Å². The van der Waals surface area contributed by atoms with Crippen LogP contribution in [0.4, 0.5) is 0 Å². The number of aliphatic imine (C=N–C) groups is 1. The van der Waals surface area contributed by atoms with Gasteiger partial charge in [0, 0.05) is 19.6 Å². The summed E-state index contributed by atoms with van der Waals surface area (Å²) in [7, 11) is 0.969. The van der Waals surface area contributed by atoms with Gasteiger partial charge in [-0.15, -0.1) is 0 Å². The molecule has 150 valence electrons. The molecule has 1 atom stereocenters. The Balaban J connectivity index is 1.81. The molecule has 2 heterocycles. The first-order chi connectivity index (χ1) is 14.1. The van der Waals surface area contributed by atoms with Crippen LogP contribution in [0.5, 0.6) is 5.75 Å². The van der Waals surface area contributed by atoms with Crippen LogP contribution in [0, 0.1) is 0 Å². The van der Waals surface area contributed by atoms with Gasteiger partial charge in [0.2, 0.25) is 0 Å². The molecule has 2 aromatic rings. The second-order valence-corrected chi connectivity index (χ2v) is 9.38. The summed E-state index contributed by atoms with van der Waals surface area (Å²) in [4.78, 5) is 6.74. The van der Waals surface area contributed by atoms with Crippen molar-refractivity contribution in [2.75, 3.05) is 21.3 Å². The lowest BCUT2D eigenvalue weighted by Crippen LogP contribution is -2.31. The van der Waals surface area contributed by atoms with Crippen LogP contribution in [0.15, 0.2) is 76.5 Å². The molecule has 0 saturated carbocycles. The number of rotatable bonds is 6. The molecular weight excluding hydrogens is 407 g/mol. The number of hydrogen-bond donors (Lipinski definition) is 0. The summed E-state index contributed by atoms with van der Waals surface area (Å²) in [6.45, 7) is 0. The fourth-order valence-corrected chi connectivity index (χ4v) is 5.85. The lowest BCUT2D eigenvalue weighted by molar-refractivity contribution is 0.272. The van der Waals surface area contributed by atoms with Crippen molar-refractivity contribution in [1.29, 1.82) is 0 Å². The minimum atomic E-state index is -3.45. The summed E-state index contributed by atoms with van der Waals surface area (Å²) >= 11 is 1.41. The minimum absolute atomic E-state index is 0.219. The SMILES string of the molecule is COc1ccc(C2C=C(c3ccccc3)N=C3SC=C(P(=O)(OC)OC)N32)cc1. The molecule has 0 N–H and O–H groups in total. The van der Waals surface area contributed by atoms with E-state index in [1.54, 1.807) is 12.5 Å². The molecular formula is C21H21N2O4PS. The van der Waals surface area contributed by atoms with Gasteiger partial charge in [0.25, 0.3) is 0 Å². The maximum atomic E-state index is 13.2. The Kier molecular flexibility index (Phi) is 5.65. The average Bonchev–Trinajstić information content (AvgIpc) is 3.23. The van der Waals surface area contributed by atoms with Crippen molar-refractivity contribution < 1.29 is 18.3 Å². The Morgan fingerprint density at radius 3 is 2.31 bits per heavy atom. The van der Waals surface area contributed by atoms with Crippen LogP contribution in [0.25, 0.3) is 5.70 Å². The van der Waals surface area contributed by atoms with Gasteiger partial charge in [0.15, 0.2) is 5.17 Å². The van der Waals surface area contributed by atoms with E-state index >= 15 is 0 Å². The smallest absolute Gasteiger partial charge is 0.377 e. The third-order valence-corrected chi connectivity index (χ3v) is 7.70. The Bertz CT molecular complexity index is 1030. The highest BCUT2D eigenvalue weighted by atomic mass is 32.2. The summed E-state index contributed by atoms with van der Waals surface area (Å²) in [5.41, 5.74) is 3.38. The molecule has 0 radical (unpaired) electrons. The van der Waals surface area contributed by atoms with Gasteiger partial charge in [-0.2, -0.15) is 0 Å². The van der Waals surface area contributed by atoms with E-state index in [-0.39, 0.29) is 6.04 Å². The van der Waals surface area contributed by atoms with Crippen molar-refractivity contribution in [1.82, 2.24) is 4.90 Å². The van der Waals surface area contributed by atoms with Crippen LogP contribution in [-0.2, 0) is 13.6 Å². The van der Waals surface area contributed by atoms with Crippen LogP contribution < -0.4 is 4.74 Å². The van der Waals surface area contributed by atoms with E-state index in [4.69, 9.17) is 18.8 Å². The second kappa shape index (κ2) is 8.20. The number of nitrogens with zero attached hydrogens (tertiary/aromatic N) is 2. The molecule has 0 bridgehead atoms. The van der Waals surface area contributed by atoms with Gasteiger partial charge in [0.1, 0.15) is 11.2 Å². The van der Waals surface area contributed by atoms with Gasteiger partial charge < -0.3 is 18.7 Å². The number of amidine groups is 1. The molecule has 0 spiro atoms. The number of benzene rings is 2. The van der Waals surface area contributed by atoms with E-state index in [9.17, 15) is 4.57 Å². The van der Waals surface area contributed by atoms with Crippen molar-refractivity contribution >= 4 is 30.2 Å². The fraction of sp³-hybridized carbons (Fsp3) is 0.190. The lowest BCUT2D eigenvalue weighted by Gasteiger charge is -2.34. The Morgan fingerprint density at radius 1 is 1.00 bits per heavy atom. The molecule has 4 rings (SSSR count). The van der Waals surface area contributed by atoms with Gasteiger partial charge in [-0.05, 0) is 29.3 Å². The van der Waals surface area contributed by atoms with Crippen molar-refractivity contribution in [3.63, 3.8) is 0 Å². The fourth-order valence-electron chi connectivity index (χ4n) is 3.30. The molecule has 1 unspecified atom stereocenters. The molecule has 0 amide bonds. The Hall–Kier alpha value is -2.31. The van der Waals surface area contributed by atoms with Gasteiger partial charge >= 0.3 is 7.60 Å². The maximum absolute atomic E-state index is 13.2. The highest BCUT2D eigenvalue weighted by molar-refractivity contribution is 8.16. The second-order valence-electron chi connectivity index (χ2n) is 6.36. The lowest BCUT2D eigenvalue weighted by atomic mass is 10.0. The normalized spacial score (nSPS) is 18.7. The molecule has 0 aromatic heterocycles. The predicted octanol–water partition coefficient (Wildman–Crippen LogP) is 5.48. The maximum Gasteiger partial charge on any atom is 0.377 e. The molecule has 0 aliphatic carbocycles. The quantitative estimate of drug-likeness (QED) is 0.568. The first-order valence-electron chi connectivity index (χ1n) is 8.97. The van der Waals surface area contributed by atoms with E-state index in [2.05, 4.69) is 6.08 Å². The number of hydrogen-bond acceptors (Lipinski definition) is 7. The zero-order chi connectivity index (χ0) is 20.4. The van der Waals surface area contributed by atoms with Gasteiger partial charge in [-0.3, -0.25) is 4.57 Å². The summed E-state index contributed by atoms with van der Waals surface area (Å²) in [6, 6.07) is 17.6. The number of thioether (sulfide) groups is 1. The first-order valence-corrected chi connectivity index (χ1v) is 11.4. The zero-order valence-electron chi connectivity index (χ0n) is 16.3. The standard InChI is InChI=1S/C21H21N2O4PS/c1-25-17-11-9-16(10-12-17)19-13-18(15-7-5-4-6-8-15)22-21-23(19)20(14-29-21)28(24,26-2)27-3/h4-14,19H,1-3H3. The highest BCUT2D eigenvalue weighted by Gasteiger charge is 2.43. The van der Waals surface area contributed by atoms with Crippen LogP contribution in [-0.4, -0.2) is 31.4 Å². The van der Waals surface area contributed by atoms with Crippen molar-refractivity contribution in [3.8, 4) is 5.75 Å². The van der Waals surface area contributed by atoms with E-state index in [0.717, 1.165) is 27.7 Å². The summed E-state index contributed by atoms with van der Waals surface area (Å²) in [5, 5.41) is 2.53. The minimum Gasteiger partial charge on any atom is -0.497 e. The summed E-state index contributed by atoms with van der Waals surface area (Å²) in [6.07, 6.45) is 2.07. The topological polar surface area (TPSA) is 60.4 Å². The molecule has 6 nitrogen and oxygen atoms in total. The van der Waals surface area contributed by atoms with Crippen LogP contribution >= 0.6 is 19.4 Å². The molecule has 0 fully saturated rings. The first kappa shape index (κ1) is 20.0. The largest absolute Gasteiger partial charge is 0.497 e. The number of methoxy groups -OCH3 is 1. The third kappa shape index (κ3) is 3.67. The highest BCUT2D eigenvalue weighted by Crippen LogP contribution is 2.61. The van der Waals surface area contributed by atoms with Gasteiger partial charge in [-0.1, -0.05) is 54.2 Å². The van der Waals surface area contributed by atoms with Crippen LogP contribution in [0.3, 0.4) is 0 Å². The van der Waals surface area contributed by atoms with E-state index in [1.165, 1.54) is 26.0 Å². The Morgan fingerprint density at radius 2 is 1.69 bits per heavy atom. The molecule has 8 heteroatoms. The zero-order valence-corrected chi connectivity index (χ0v) is 18.0.